The molecule has 0 saturated heterocycles. The van der Waals surface area contributed by atoms with Gasteiger partial charge in [0.15, 0.2) is 5.60 Å². The lowest BCUT2D eigenvalue weighted by Gasteiger charge is -2.30. The van der Waals surface area contributed by atoms with E-state index in [1.54, 1.807) is 31.2 Å². The average molecular weight is 380 g/mol. The zero-order chi connectivity index (χ0) is 20.0. The highest BCUT2D eigenvalue weighted by molar-refractivity contribution is 5.89. The van der Waals surface area contributed by atoms with E-state index >= 15 is 0 Å². The van der Waals surface area contributed by atoms with Crippen molar-refractivity contribution in [2.24, 2.45) is 0 Å². The molecule has 0 amide bonds. The van der Waals surface area contributed by atoms with Gasteiger partial charge in [-0.1, -0.05) is 44.9 Å². The van der Waals surface area contributed by atoms with Crippen LogP contribution in [0.4, 0.5) is 0 Å². The van der Waals surface area contributed by atoms with E-state index in [2.05, 4.69) is 6.92 Å². The van der Waals surface area contributed by atoms with Crippen molar-refractivity contribution < 1.29 is 28.5 Å². The number of unbranched alkanes of at least 4 members (excludes halogenated alkanes) is 1. The first-order chi connectivity index (χ1) is 13.1. The maximum atomic E-state index is 12.3. The molecule has 0 heterocycles. The minimum Gasteiger partial charge on any atom is -0.464 e. The minimum atomic E-state index is -0.908. The van der Waals surface area contributed by atoms with E-state index in [0.717, 1.165) is 12.8 Å². The molecule has 0 aliphatic rings. The third-order valence-corrected chi connectivity index (χ3v) is 4.23. The molecule has 1 rings (SSSR count). The summed E-state index contributed by atoms with van der Waals surface area (Å²) in [4.78, 5) is 24.1. The van der Waals surface area contributed by atoms with E-state index in [1.807, 2.05) is 13.0 Å². The van der Waals surface area contributed by atoms with Gasteiger partial charge in [-0.2, -0.15) is 0 Å². The fourth-order valence-electron chi connectivity index (χ4n) is 2.63. The van der Waals surface area contributed by atoms with E-state index in [9.17, 15) is 9.59 Å². The molecule has 152 valence electrons. The molecule has 1 aromatic rings. The van der Waals surface area contributed by atoms with Crippen molar-refractivity contribution in [1.29, 1.82) is 0 Å². The first kappa shape index (κ1) is 23.1. The molecule has 0 radical (unpaired) electrons. The van der Waals surface area contributed by atoms with Gasteiger partial charge in [0, 0.05) is 0 Å². The summed E-state index contributed by atoms with van der Waals surface area (Å²) in [5.74, 6) is -0.680. The molecule has 0 aliphatic carbocycles. The van der Waals surface area contributed by atoms with Crippen LogP contribution in [0.3, 0.4) is 0 Å². The largest absolute Gasteiger partial charge is 0.464 e. The van der Waals surface area contributed by atoms with E-state index in [4.69, 9.17) is 18.9 Å². The zero-order valence-electron chi connectivity index (χ0n) is 16.7. The summed E-state index contributed by atoms with van der Waals surface area (Å²) >= 11 is 0. The predicted molar refractivity (Wildman–Crippen MR) is 103 cm³/mol. The number of ether oxygens (including phenoxy) is 4. The van der Waals surface area contributed by atoms with Crippen LogP contribution >= 0.6 is 0 Å². The molecule has 6 nitrogen and oxygen atoms in total. The van der Waals surface area contributed by atoms with Gasteiger partial charge in [-0.3, -0.25) is 0 Å². The molecule has 0 saturated carbocycles. The molecule has 27 heavy (non-hydrogen) atoms. The Labute approximate surface area is 162 Å². The number of benzene rings is 1. The zero-order valence-corrected chi connectivity index (χ0v) is 16.7. The van der Waals surface area contributed by atoms with Crippen LogP contribution < -0.4 is 0 Å². The summed E-state index contributed by atoms with van der Waals surface area (Å²) < 4.78 is 21.7. The van der Waals surface area contributed by atoms with Crippen LogP contribution in [0.2, 0.25) is 0 Å². The summed E-state index contributed by atoms with van der Waals surface area (Å²) in [6.45, 7) is 7.16. The molecule has 0 aliphatic heterocycles. The van der Waals surface area contributed by atoms with Crippen LogP contribution in [0, 0.1) is 0 Å². The molecule has 0 bridgehead atoms. The van der Waals surface area contributed by atoms with Crippen LogP contribution in [0.5, 0.6) is 0 Å². The van der Waals surface area contributed by atoms with Crippen LogP contribution in [-0.4, -0.2) is 50.6 Å². The fraction of sp³-hybridized carbons (Fsp3) is 0.619. The lowest BCUT2D eigenvalue weighted by Crippen LogP contribution is -2.43. The Bertz CT molecular complexity index is 545. The van der Waals surface area contributed by atoms with E-state index in [0.29, 0.717) is 31.6 Å². The summed E-state index contributed by atoms with van der Waals surface area (Å²) in [6.07, 6.45) is 3.06. The monoisotopic (exact) mass is 380 g/mol. The maximum Gasteiger partial charge on any atom is 0.338 e. The number of esters is 2. The Kier molecular flexibility index (Phi) is 11.4. The quantitative estimate of drug-likeness (QED) is 0.361. The summed E-state index contributed by atoms with van der Waals surface area (Å²) in [7, 11) is 0. The highest BCUT2D eigenvalue weighted by atomic mass is 16.6. The van der Waals surface area contributed by atoms with E-state index in [1.165, 1.54) is 0 Å². The van der Waals surface area contributed by atoms with Crippen LogP contribution in [0.15, 0.2) is 30.3 Å². The summed E-state index contributed by atoms with van der Waals surface area (Å²) in [5, 5.41) is 0. The van der Waals surface area contributed by atoms with Gasteiger partial charge in [-0.15, -0.1) is 0 Å². The molecular formula is C21H32O6. The number of hydrogen-bond acceptors (Lipinski definition) is 6. The van der Waals surface area contributed by atoms with Gasteiger partial charge in [0.1, 0.15) is 6.61 Å². The van der Waals surface area contributed by atoms with Crippen molar-refractivity contribution in [3.05, 3.63) is 35.9 Å². The Hall–Kier alpha value is -1.92. The Morgan fingerprint density at radius 3 is 2.26 bits per heavy atom. The predicted octanol–water partition coefficient (Wildman–Crippen LogP) is 3.78. The van der Waals surface area contributed by atoms with Gasteiger partial charge in [0.05, 0.1) is 32.0 Å². The van der Waals surface area contributed by atoms with Crippen molar-refractivity contribution in [3.63, 3.8) is 0 Å². The molecule has 6 heteroatoms. The summed E-state index contributed by atoms with van der Waals surface area (Å²) in [5.41, 5.74) is -0.395. The van der Waals surface area contributed by atoms with Crippen molar-refractivity contribution >= 4 is 11.9 Å². The molecule has 1 aromatic carbocycles. The molecule has 0 spiro atoms. The van der Waals surface area contributed by atoms with Crippen molar-refractivity contribution in [2.75, 3.05) is 33.0 Å². The van der Waals surface area contributed by atoms with Gasteiger partial charge < -0.3 is 18.9 Å². The second-order valence-electron chi connectivity index (χ2n) is 6.13. The SMILES string of the molecule is CCCCC(CC)(OCCOCCOC(=O)c1ccccc1)C(=O)OCC. The molecule has 0 aromatic heterocycles. The number of carbonyl (C=O) groups excluding carboxylic acids is 2. The Morgan fingerprint density at radius 1 is 0.926 bits per heavy atom. The Balaban J connectivity index is 2.30. The van der Waals surface area contributed by atoms with Crippen LogP contribution in [0.25, 0.3) is 0 Å². The molecule has 1 atom stereocenters. The van der Waals surface area contributed by atoms with Gasteiger partial charge in [-0.05, 0) is 31.9 Å². The first-order valence-electron chi connectivity index (χ1n) is 9.70. The molecular weight excluding hydrogens is 348 g/mol. The van der Waals surface area contributed by atoms with Crippen molar-refractivity contribution in [2.45, 2.75) is 52.1 Å². The molecule has 0 fully saturated rings. The molecule has 1 unspecified atom stereocenters. The maximum absolute atomic E-state index is 12.3. The normalized spacial score (nSPS) is 13.0. The van der Waals surface area contributed by atoms with Crippen LogP contribution in [0.1, 0.15) is 56.8 Å². The highest BCUT2D eigenvalue weighted by Crippen LogP contribution is 2.25. The fourth-order valence-corrected chi connectivity index (χ4v) is 2.63. The average Bonchev–Trinajstić information content (AvgIpc) is 2.70. The summed E-state index contributed by atoms with van der Waals surface area (Å²) in [6, 6.07) is 8.81. The number of carbonyl (C=O) groups is 2. The third-order valence-electron chi connectivity index (χ3n) is 4.23. The lowest BCUT2D eigenvalue weighted by molar-refractivity contribution is -0.176. The smallest absolute Gasteiger partial charge is 0.338 e. The number of hydrogen-bond donors (Lipinski definition) is 0. The lowest BCUT2D eigenvalue weighted by atomic mass is 9.93. The first-order valence-corrected chi connectivity index (χ1v) is 9.70. The standard InChI is InChI=1S/C21H32O6/c1-4-7-13-21(5-2,20(23)25-6-3)27-17-15-24-14-16-26-19(22)18-11-9-8-10-12-18/h8-12H,4-7,13-17H2,1-3H3. The van der Waals surface area contributed by atoms with Crippen LogP contribution in [-0.2, 0) is 23.7 Å². The topological polar surface area (TPSA) is 71.1 Å². The molecule has 0 N–H and O–H groups in total. The third kappa shape index (κ3) is 8.10. The van der Waals surface area contributed by atoms with Gasteiger partial charge >= 0.3 is 11.9 Å². The van der Waals surface area contributed by atoms with Gasteiger partial charge in [-0.25, -0.2) is 9.59 Å². The van der Waals surface area contributed by atoms with Gasteiger partial charge in [0.25, 0.3) is 0 Å². The Morgan fingerprint density at radius 2 is 1.63 bits per heavy atom. The number of rotatable bonds is 14. The second kappa shape index (κ2) is 13.3. The minimum absolute atomic E-state index is 0.167. The van der Waals surface area contributed by atoms with E-state index < -0.39 is 5.60 Å². The van der Waals surface area contributed by atoms with E-state index in [-0.39, 0.29) is 31.8 Å². The van der Waals surface area contributed by atoms with Crippen molar-refractivity contribution in [3.8, 4) is 0 Å². The highest BCUT2D eigenvalue weighted by Gasteiger charge is 2.38. The second-order valence-corrected chi connectivity index (χ2v) is 6.13. The van der Waals surface area contributed by atoms with Gasteiger partial charge in [0.2, 0.25) is 0 Å². The van der Waals surface area contributed by atoms with Crippen molar-refractivity contribution in [1.82, 2.24) is 0 Å².